The normalized spacial score (nSPS) is 26.2. The second-order valence-electron chi connectivity index (χ2n) is 4.44. The minimum Gasteiger partial charge on any atom is -0.323 e. The van der Waals surface area contributed by atoms with Gasteiger partial charge in [-0.2, -0.15) is 11.8 Å². The smallest absolute Gasteiger partial charge is 0.323 e. The van der Waals surface area contributed by atoms with E-state index in [4.69, 9.17) is 0 Å². The predicted molar refractivity (Wildman–Crippen MR) is 74.7 cm³/mol. The summed E-state index contributed by atoms with van der Waals surface area (Å²) in [6.07, 6.45) is 1.06. The Hall–Kier alpha value is -0.230. The van der Waals surface area contributed by atoms with Crippen LogP contribution in [-0.4, -0.2) is 45.3 Å². The molecule has 1 aliphatic rings. The highest BCUT2D eigenvalue weighted by atomic mass is 79.9. The number of hydrogen-bond acceptors (Lipinski definition) is 3. The molecule has 1 heterocycles. The summed E-state index contributed by atoms with van der Waals surface area (Å²) in [6.45, 7) is 6.48. The number of amides is 3. The van der Waals surface area contributed by atoms with E-state index in [0.29, 0.717) is 22.9 Å². The molecule has 0 aromatic heterocycles. The van der Waals surface area contributed by atoms with E-state index in [-0.39, 0.29) is 11.9 Å². The molecule has 3 amide bonds. The lowest BCUT2D eigenvalue weighted by Gasteiger charge is -2.22. The molecule has 6 heteroatoms. The third kappa shape index (κ3) is 3.37. The van der Waals surface area contributed by atoms with Crippen molar-refractivity contribution in [3.8, 4) is 0 Å². The molecular formula is C11H19BrN2O2S. The van der Waals surface area contributed by atoms with E-state index in [1.54, 1.807) is 18.7 Å². The highest BCUT2D eigenvalue weighted by molar-refractivity contribution is 9.09. The fourth-order valence-electron chi connectivity index (χ4n) is 1.56. The maximum Gasteiger partial charge on any atom is 0.325 e. The molecule has 0 aliphatic carbocycles. The number of carbonyl (C=O) groups is 2. The van der Waals surface area contributed by atoms with Gasteiger partial charge in [0.2, 0.25) is 0 Å². The monoisotopic (exact) mass is 322 g/mol. The van der Waals surface area contributed by atoms with E-state index in [0.717, 1.165) is 6.42 Å². The Kier molecular flexibility index (Phi) is 5.31. The van der Waals surface area contributed by atoms with Crippen LogP contribution in [0.15, 0.2) is 0 Å². The fourth-order valence-corrected chi connectivity index (χ4v) is 2.96. The molecule has 2 unspecified atom stereocenters. The number of alkyl halides is 1. The van der Waals surface area contributed by atoms with Crippen molar-refractivity contribution in [3.63, 3.8) is 0 Å². The van der Waals surface area contributed by atoms with Gasteiger partial charge in [-0.25, -0.2) is 4.79 Å². The van der Waals surface area contributed by atoms with E-state index >= 15 is 0 Å². The van der Waals surface area contributed by atoms with Gasteiger partial charge >= 0.3 is 6.03 Å². The molecular weight excluding hydrogens is 304 g/mol. The molecule has 1 aliphatic heterocycles. The minimum absolute atomic E-state index is 0.113. The number of urea groups is 1. The number of nitrogens with one attached hydrogen (secondary N) is 1. The Labute approximate surface area is 115 Å². The summed E-state index contributed by atoms with van der Waals surface area (Å²) in [5.74, 6) is 0.517. The van der Waals surface area contributed by atoms with Gasteiger partial charge in [-0.3, -0.25) is 9.69 Å². The average Bonchev–Trinajstić information content (AvgIpc) is 2.51. The molecule has 1 fully saturated rings. The molecule has 0 aromatic rings. The van der Waals surface area contributed by atoms with Crippen molar-refractivity contribution >= 4 is 39.6 Å². The molecule has 2 atom stereocenters. The van der Waals surface area contributed by atoms with Crippen LogP contribution >= 0.6 is 27.7 Å². The van der Waals surface area contributed by atoms with Gasteiger partial charge in [0.25, 0.3) is 5.91 Å². The molecule has 0 saturated carbocycles. The summed E-state index contributed by atoms with van der Waals surface area (Å²) in [6, 6.07) is -0.276. The fraction of sp³-hybridized carbons (Fsp3) is 0.818. The summed E-state index contributed by atoms with van der Waals surface area (Å²) in [7, 11) is 0. The number of halogens is 1. The Morgan fingerprint density at radius 1 is 1.53 bits per heavy atom. The van der Waals surface area contributed by atoms with Crippen LogP contribution in [-0.2, 0) is 4.79 Å². The number of carbonyl (C=O) groups excluding carboxylic acids is 2. The van der Waals surface area contributed by atoms with Crippen molar-refractivity contribution < 1.29 is 9.59 Å². The lowest BCUT2D eigenvalue weighted by molar-refractivity contribution is -0.129. The van der Waals surface area contributed by atoms with Crippen molar-refractivity contribution in [2.45, 2.75) is 38.0 Å². The second-order valence-corrected chi connectivity index (χ2v) is 6.66. The molecule has 17 heavy (non-hydrogen) atoms. The molecule has 0 spiro atoms. The molecule has 0 bridgehead atoms. The van der Waals surface area contributed by atoms with Crippen LogP contribution in [0.1, 0.15) is 27.2 Å². The number of rotatable bonds is 6. The Bertz CT molecular complexity index is 314. The number of nitrogens with zero attached hydrogens (tertiary/aromatic N) is 1. The zero-order valence-electron chi connectivity index (χ0n) is 10.5. The molecule has 0 radical (unpaired) electrons. The molecule has 98 valence electrons. The first-order chi connectivity index (χ1) is 7.94. The third-order valence-corrected chi connectivity index (χ3v) is 4.89. The van der Waals surface area contributed by atoms with Crippen LogP contribution in [0.25, 0.3) is 0 Å². The maximum absolute atomic E-state index is 12.1. The van der Waals surface area contributed by atoms with E-state index in [1.807, 2.05) is 0 Å². The summed E-state index contributed by atoms with van der Waals surface area (Å²) in [5.41, 5.74) is -0.743. The first-order valence-corrected chi connectivity index (χ1v) is 7.93. The van der Waals surface area contributed by atoms with Crippen LogP contribution < -0.4 is 5.32 Å². The van der Waals surface area contributed by atoms with E-state index in [9.17, 15) is 9.59 Å². The lowest BCUT2D eigenvalue weighted by Crippen LogP contribution is -2.46. The van der Waals surface area contributed by atoms with E-state index in [2.05, 4.69) is 35.1 Å². The zero-order valence-corrected chi connectivity index (χ0v) is 12.9. The number of thioether (sulfide) groups is 1. The van der Waals surface area contributed by atoms with Gasteiger partial charge < -0.3 is 5.32 Å². The van der Waals surface area contributed by atoms with Crippen LogP contribution in [0.5, 0.6) is 0 Å². The zero-order chi connectivity index (χ0) is 13.1. The molecule has 0 aromatic carbocycles. The standard InChI is InChI=1S/C11H19BrN2O2S/c1-4-8(2)17-7-11(3)9(15)14(6-5-12)10(16)13-11/h8H,4-7H2,1-3H3,(H,13,16). The van der Waals surface area contributed by atoms with Crippen molar-refractivity contribution in [1.29, 1.82) is 0 Å². The second kappa shape index (κ2) is 6.09. The number of hydrogen-bond donors (Lipinski definition) is 1. The van der Waals surface area contributed by atoms with Gasteiger partial charge in [0.15, 0.2) is 0 Å². The van der Waals surface area contributed by atoms with Crippen LogP contribution in [0.4, 0.5) is 4.79 Å². The van der Waals surface area contributed by atoms with E-state index < -0.39 is 5.54 Å². The summed E-state index contributed by atoms with van der Waals surface area (Å²) in [4.78, 5) is 25.1. The predicted octanol–water partition coefficient (Wildman–Crippen LogP) is 2.22. The molecule has 4 nitrogen and oxygen atoms in total. The van der Waals surface area contributed by atoms with Crippen molar-refractivity contribution in [1.82, 2.24) is 10.2 Å². The first-order valence-electron chi connectivity index (χ1n) is 5.76. The molecule has 1 saturated heterocycles. The highest BCUT2D eigenvalue weighted by Crippen LogP contribution is 2.25. The summed E-state index contributed by atoms with van der Waals surface area (Å²) in [5, 5.41) is 3.90. The van der Waals surface area contributed by atoms with Crippen molar-refractivity contribution in [3.05, 3.63) is 0 Å². The molecule has 1 N–H and O–H groups in total. The Balaban J connectivity index is 2.65. The summed E-state index contributed by atoms with van der Waals surface area (Å²) >= 11 is 4.97. The van der Waals surface area contributed by atoms with Crippen LogP contribution in [0, 0.1) is 0 Å². The largest absolute Gasteiger partial charge is 0.325 e. The van der Waals surface area contributed by atoms with Crippen molar-refractivity contribution in [2.75, 3.05) is 17.6 Å². The third-order valence-electron chi connectivity index (χ3n) is 2.88. The van der Waals surface area contributed by atoms with Crippen molar-refractivity contribution in [2.24, 2.45) is 0 Å². The summed E-state index contributed by atoms with van der Waals surface area (Å²) < 4.78 is 0. The van der Waals surface area contributed by atoms with Gasteiger partial charge in [0, 0.05) is 22.9 Å². The topological polar surface area (TPSA) is 49.4 Å². The van der Waals surface area contributed by atoms with Crippen LogP contribution in [0.3, 0.4) is 0 Å². The number of imide groups is 1. The van der Waals surface area contributed by atoms with Crippen LogP contribution in [0.2, 0.25) is 0 Å². The van der Waals surface area contributed by atoms with E-state index in [1.165, 1.54) is 4.90 Å². The quantitative estimate of drug-likeness (QED) is 0.602. The SMILES string of the molecule is CCC(C)SCC1(C)NC(=O)N(CCBr)C1=O. The Morgan fingerprint density at radius 2 is 2.18 bits per heavy atom. The average molecular weight is 323 g/mol. The minimum atomic E-state index is -0.743. The maximum atomic E-state index is 12.1. The highest BCUT2D eigenvalue weighted by Gasteiger charge is 2.47. The van der Waals surface area contributed by atoms with Gasteiger partial charge in [-0.15, -0.1) is 0 Å². The molecule has 1 rings (SSSR count). The van der Waals surface area contributed by atoms with Gasteiger partial charge in [0.1, 0.15) is 5.54 Å². The van der Waals surface area contributed by atoms with Gasteiger partial charge in [0.05, 0.1) is 0 Å². The van der Waals surface area contributed by atoms with Gasteiger partial charge in [-0.1, -0.05) is 29.8 Å². The first kappa shape index (κ1) is 14.8. The van der Waals surface area contributed by atoms with Gasteiger partial charge in [-0.05, 0) is 13.3 Å². The lowest BCUT2D eigenvalue weighted by atomic mass is 10.1. The Morgan fingerprint density at radius 3 is 2.71 bits per heavy atom.